The van der Waals surface area contributed by atoms with Crippen molar-refractivity contribution in [3.05, 3.63) is 30.2 Å². The van der Waals surface area contributed by atoms with Gasteiger partial charge in [-0.25, -0.2) is 9.71 Å². The molecule has 1 aliphatic heterocycles. The van der Waals surface area contributed by atoms with Crippen LogP contribution in [0.15, 0.2) is 28.7 Å². The molecule has 0 atom stereocenters. The number of para-hydroxylation sites is 2. The number of piperidine rings is 1. The molecular formula is C14H19N3O3S. The molecular weight excluding hydrogens is 290 g/mol. The van der Waals surface area contributed by atoms with Gasteiger partial charge < -0.3 is 4.42 Å². The van der Waals surface area contributed by atoms with E-state index in [1.165, 1.54) is 4.31 Å². The van der Waals surface area contributed by atoms with Crippen LogP contribution in [0.2, 0.25) is 0 Å². The lowest BCUT2D eigenvalue weighted by Crippen LogP contribution is -2.44. The van der Waals surface area contributed by atoms with Gasteiger partial charge >= 0.3 is 0 Å². The molecule has 0 aliphatic carbocycles. The lowest BCUT2D eigenvalue weighted by atomic mass is 10.2. The monoisotopic (exact) mass is 309 g/mol. The molecule has 1 aromatic heterocycles. The summed E-state index contributed by atoms with van der Waals surface area (Å²) in [6, 6.07) is 7.51. The molecule has 0 spiro atoms. The molecule has 1 N–H and O–H groups in total. The lowest BCUT2D eigenvalue weighted by molar-refractivity contribution is 0.341. The minimum atomic E-state index is -3.37. The number of rotatable bonds is 5. The van der Waals surface area contributed by atoms with Gasteiger partial charge in [0.2, 0.25) is 0 Å². The van der Waals surface area contributed by atoms with Gasteiger partial charge in [-0.3, -0.25) is 0 Å². The third-order valence-electron chi connectivity index (χ3n) is 3.62. The third-order valence-corrected chi connectivity index (χ3v) is 5.23. The van der Waals surface area contributed by atoms with Gasteiger partial charge in [-0.05, 0) is 25.0 Å². The van der Waals surface area contributed by atoms with Gasteiger partial charge in [0.15, 0.2) is 11.5 Å². The van der Waals surface area contributed by atoms with Crippen molar-refractivity contribution in [2.45, 2.75) is 25.7 Å². The number of aromatic nitrogens is 1. The van der Waals surface area contributed by atoms with Gasteiger partial charge in [0.25, 0.3) is 10.2 Å². The second-order valence-electron chi connectivity index (χ2n) is 5.18. The van der Waals surface area contributed by atoms with Crippen LogP contribution in [0.3, 0.4) is 0 Å². The number of oxazole rings is 1. The molecule has 0 radical (unpaired) electrons. The van der Waals surface area contributed by atoms with Crippen LogP contribution in [-0.4, -0.2) is 37.3 Å². The molecule has 7 heteroatoms. The van der Waals surface area contributed by atoms with E-state index < -0.39 is 10.2 Å². The molecule has 2 heterocycles. The van der Waals surface area contributed by atoms with Gasteiger partial charge in [0, 0.05) is 26.1 Å². The SMILES string of the molecule is O=S(=O)(NCCc1nc2ccccc2o1)N1CCCCC1. The first-order valence-electron chi connectivity index (χ1n) is 7.24. The van der Waals surface area contributed by atoms with Crippen molar-refractivity contribution in [2.75, 3.05) is 19.6 Å². The molecule has 1 aliphatic rings. The van der Waals surface area contributed by atoms with Crippen LogP contribution < -0.4 is 4.72 Å². The van der Waals surface area contributed by atoms with Crippen LogP contribution in [0.4, 0.5) is 0 Å². The number of hydrogen-bond acceptors (Lipinski definition) is 4. The van der Waals surface area contributed by atoms with Gasteiger partial charge in [-0.1, -0.05) is 18.6 Å². The molecule has 1 fully saturated rings. The zero-order valence-electron chi connectivity index (χ0n) is 11.8. The summed E-state index contributed by atoms with van der Waals surface area (Å²) in [5.41, 5.74) is 1.53. The van der Waals surface area contributed by atoms with E-state index in [-0.39, 0.29) is 0 Å². The summed E-state index contributed by atoms with van der Waals surface area (Å²) in [5.74, 6) is 0.553. The van der Waals surface area contributed by atoms with Crippen LogP contribution in [0, 0.1) is 0 Å². The van der Waals surface area contributed by atoms with Crippen molar-refractivity contribution in [1.82, 2.24) is 14.0 Å². The highest BCUT2D eigenvalue weighted by Gasteiger charge is 2.23. The Morgan fingerprint density at radius 3 is 2.71 bits per heavy atom. The molecule has 0 saturated carbocycles. The molecule has 2 aromatic rings. The number of nitrogens with one attached hydrogen (secondary N) is 1. The Morgan fingerprint density at radius 2 is 1.95 bits per heavy atom. The van der Waals surface area contributed by atoms with E-state index in [2.05, 4.69) is 9.71 Å². The van der Waals surface area contributed by atoms with E-state index >= 15 is 0 Å². The maximum Gasteiger partial charge on any atom is 0.279 e. The predicted octanol–water partition coefficient (Wildman–Crippen LogP) is 1.69. The van der Waals surface area contributed by atoms with Crippen LogP contribution in [0.25, 0.3) is 11.1 Å². The largest absolute Gasteiger partial charge is 0.441 e. The summed E-state index contributed by atoms with van der Waals surface area (Å²) in [6.45, 7) is 1.52. The highest BCUT2D eigenvalue weighted by Crippen LogP contribution is 2.15. The van der Waals surface area contributed by atoms with Crippen LogP contribution >= 0.6 is 0 Å². The number of nitrogens with zero attached hydrogens (tertiary/aromatic N) is 2. The molecule has 3 rings (SSSR count). The zero-order chi connectivity index (χ0) is 14.7. The average molecular weight is 309 g/mol. The molecule has 0 amide bonds. The second kappa shape index (κ2) is 6.13. The Morgan fingerprint density at radius 1 is 1.19 bits per heavy atom. The highest BCUT2D eigenvalue weighted by atomic mass is 32.2. The molecule has 0 bridgehead atoms. The Balaban J connectivity index is 1.57. The minimum absolute atomic E-state index is 0.297. The highest BCUT2D eigenvalue weighted by molar-refractivity contribution is 7.87. The molecule has 1 aromatic carbocycles. The van der Waals surface area contributed by atoms with E-state index in [0.717, 1.165) is 30.4 Å². The van der Waals surface area contributed by atoms with Crippen molar-refractivity contribution in [2.24, 2.45) is 0 Å². The van der Waals surface area contributed by atoms with Crippen molar-refractivity contribution in [3.8, 4) is 0 Å². The molecule has 1 saturated heterocycles. The van der Waals surface area contributed by atoms with E-state index in [4.69, 9.17) is 4.42 Å². The maximum absolute atomic E-state index is 12.1. The van der Waals surface area contributed by atoms with Crippen LogP contribution in [0.1, 0.15) is 25.2 Å². The molecule has 114 valence electrons. The lowest BCUT2D eigenvalue weighted by Gasteiger charge is -2.25. The predicted molar refractivity (Wildman–Crippen MR) is 80.1 cm³/mol. The Labute approximate surface area is 124 Å². The summed E-state index contributed by atoms with van der Waals surface area (Å²) in [6.07, 6.45) is 3.43. The summed E-state index contributed by atoms with van der Waals surface area (Å²) in [4.78, 5) is 4.33. The van der Waals surface area contributed by atoms with E-state index in [1.807, 2.05) is 24.3 Å². The topological polar surface area (TPSA) is 75.4 Å². The first kappa shape index (κ1) is 14.5. The molecule has 21 heavy (non-hydrogen) atoms. The minimum Gasteiger partial charge on any atom is -0.441 e. The Kier molecular flexibility index (Phi) is 4.23. The van der Waals surface area contributed by atoms with Crippen LogP contribution in [0.5, 0.6) is 0 Å². The number of fused-ring (bicyclic) bond motifs is 1. The van der Waals surface area contributed by atoms with E-state index in [1.54, 1.807) is 0 Å². The fourth-order valence-electron chi connectivity index (χ4n) is 2.51. The summed E-state index contributed by atoms with van der Waals surface area (Å²) < 4.78 is 33.9. The van der Waals surface area contributed by atoms with E-state index in [0.29, 0.717) is 31.9 Å². The quantitative estimate of drug-likeness (QED) is 0.912. The van der Waals surface area contributed by atoms with Gasteiger partial charge in [0.1, 0.15) is 5.52 Å². The van der Waals surface area contributed by atoms with Gasteiger partial charge in [0.05, 0.1) is 0 Å². The second-order valence-corrected chi connectivity index (χ2v) is 6.94. The summed E-state index contributed by atoms with van der Waals surface area (Å²) >= 11 is 0. The van der Waals surface area contributed by atoms with Gasteiger partial charge in [-0.2, -0.15) is 12.7 Å². The number of benzene rings is 1. The molecule has 6 nitrogen and oxygen atoms in total. The van der Waals surface area contributed by atoms with E-state index in [9.17, 15) is 8.42 Å². The smallest absolute Gasteiger partial charge is 0.279 e. The molecule has 0 unspecified atom stereocenters. The Bertz CT molecular complexity index is 672. The van der Waals surface area contributed by atoms with Crippen molar-refractivity contribution in [3.63, 3.8) is 0 Å². The fraction of sp³-hybridized carbons (Fsp3) is 0.500. The first-order valence-corrected chi connectivity index (χ1v) is 8.68. The summed E-state index contributed by atoms with van der Waals surface area (Å²) in [5, 5.41) is 0. The Hall–Kier alpha value is -1.44. The van der Waals surface area contributed by atoms with Gasteiger partial charge in [-0.15, -0.1) is 0 Å². The van der Waals surface area contributed by atoms with Crippen molar-refractivity contribution < 1.29 is 12.8 Å². The van der Waals surface area contributed by atoms with Crippen molar-refractivity contribution >= 4 is 21.3 Å². The first-order chi connectivity index (χ1) is 10.1. The van der Waals surface area contributed by atoms with Crippen molar-refractivity contribution in [1.29, 1.82) is 0 Å². The average Bonchev–Trinajstić information content (AvgIpc) is 2.90. The zero-order valence-corrected chi connectivity index (χ0v) is 12.6. The van der Waals surface area contributed by atoms with Crippen LogP contribution in [-0.2, 0) is 16.6 Å². The fourth-order valence-corrected chi connectivity index (χ4v) is 3.79. The normalized spacial score (nSPS) is 17.3. The third kappa shape index (κ3) is 3.42. The maximum atomic E-state index is 12.1. The summed E-state index contributed by atoms with van der Waals surface area (Å²) in [7, 11) is -3.37. The standard InChI is InChI=1S/C14H19N3O3S/c18-21(19,17-10-4-1-5-11-17)15-9-8-14-16-12-6-2-3-7-13(12)20-14/h2-3,6-7,15H,1,4-5,8-11H2. The number of hydrogen-bond donors (Lipinski definition) is 1.